The summed E-state index contributed by atoms with van der Waals surface area (Å²) in [5, 5.41) is 0. The van der Waals surface area contributed by atoms with Crippen molar-refractivity contribution in [3.05, 3.63) is 28.2 Å². The van der Waals surface area contributed by atoms with E-state index in [2.05, 4.69) is 33.9 Å². The molecule has 18 heavy (non-hydrogen) atoms. The number of halogens is 1. The highest BCUT2D eigenvalue weighted by molar-refractivity contribution is 9.10. The number of anilines is 1. The smallest absolute Gasteiger partial charge is 0.107 e. The van der Waals surface area contributed by atoms with Crippen molar-refractivity contribution in [2.75, 3.05) is 18.5 Å². The number of rotatable bonds is 4. The molecule has 2 rings (SSSR count). The fraction of sp³-hybridized carbons (Fsp3) is 0.500. The summed E-state index contributed by atoms with van der Waals surface area (Å²) in [4.78, 5) is 2.74. The average molecular weight is 327 g/mol. The summed E-state index contributed by atoms with van der Waals surface area (Å²) in [6.45, 7) is 1.09. The second-order valence-corrected chi connectivity index (χ2v) is 6.32. The van der Waals surface area contributed by atoms with E-state index >= 15 is 0 Å². The van der Waals surface area contributed by atoms with Crippen LogP contribution in [0.2, 0.25) is 0 Å². The van der Waals surface area contributed by atoms with Crippen molar-refractivity contribution in [1.29, 1.82) is 0 Å². The van der Waals surface area contributed by atoms with E-state index in [9.17, 15) is 0 Å². The van der Waals surface area contributed by atoms with Gasteiger partial charge >= 0.3 is 0 Å². The van der Waals surface area contributed by atoms with Gasteiger partial charge in [0.25, 0.3) is 0 Å². The first-order valence-electron chi connectivity index (χ1n) is 6.39. The Kier molecular flexibility index (Phi) is 4.62. The molecule has 4 heteroatoms. The highest BCUT2D eigenvalue weighted by Crippen LogP contribution is 2.30. The summed E-state index contributed by atoms with van der Waals surface area (Å²) in [6.07, 6.45) is 5.44. The summed E-state index contributed by atoms with van der Waals surface area (Å²) in [5.41, 5.74) is 7.92. The Morgan fingerprint density at radius 1 is 1.44 bits per heavy atom. The van der Waals surface area contributed by atoms with Crippen LogP contribution in [0.3, 0.4) is 0 Å². The number of hydrogen-bond acceptors (Lipinski definition) is 2. The topological polar surface area (TPSA) is 29.3 Å². The van der Waals surface area contributed by atoms with Crippen molar-refractivity contribution in [2.45, 2.75) is 25.7 Å². The molecule has 0 aromatic heterocycles. The molecule has 1 fully saturated rings. The van der Waals surface area contributed by atoms with Gasteiger partial charge in [0.2, 0.25) is 0 Å². The predicted molar refractivity (Wildman–Crippen MR) is 85.3 cm³/mol. The first kappa shape index (κ1) is 13.8. The highest BCUT2D eigenvalue weighted by atomic mass is 79.9. The van der Waals surface area contributed by atoms with E-state index < -0.39 is 0 Å². The molecule has 0 saturated heterocycles. The van der Waals surface area contributed by atoms with Crippen molar-refractivity contribution in [2.24, 2.45) is 11.7 Å². The quantitative estimate of drug-likeness (QED) is 0.855. The Morgan fingerprint density at radius 3 is 2.72 bits per heavy atom. The fourth-order valence-corrected chi connectivity index (χ4v) is 3.67. The molecule has 0 aliphatic heterocycles. The first-order chi connectivity index (χ1) is 8.59. The first-order valence-corrected chi connectivity index (χ1v) is 7.59. The van der Waals surface area contributed by atoms with Gasteiger partial charge in [0.15, 0.2) is 0 Å². The van der Waals surface area contributed by atoms with Crippen LogP contribution in [0, 0.1) is 5.92 Å². The van der Waals surface area contributed by atoms with Gasteiger partial charge in [-0.05, 0) is 46.8 Å². The second kappa shape index (κ2) is 6.02. The minimum atomic E-state index is 0.454. The number of benzene rings is 1. The molecule has 0 spiro atoms. The molecule has 2 N–H and O–H groups in total. The Balaban J connectivity index is 2.20. The standard InChI is InChI=1S/C14H19BrN2S/c1-17(9-10-5-2-3-6-10)12-8-4-7-11(15)13(12)14(16)18/h4,7-8,10H,2-3,5-6,9H2,1H3,(H2,16,18). The van der Waals surface area contributed by atoms with Crippen molar-refractivity contribution >= 4 is 38.8 Å². The molecule has 0 atom stereocenters. The van der Waals surface area contributed by atoms with Crippen molar-refractivity contribution in [1.82, 2.24) is 0 Å². The minimum absolute atomic E-state index is 0.454. The van der Waals surface area contributed by atoms with E-state index in [-0.39, 0.29) is 0 Å². The van der Waals surface area contributed by atoms with Gasteiger partial charge in [-0.3, -0.25) is 0 Å². The maximum atomic E-state index is 5.84. The SMILES string of the molecule is CN(CC1CCCC1)c1cccc(Br)c1C(N)=S. The third kappa shape index (κ3) is 3.04. The zero-order valence-corrected chi connectivity index (χ0v) is 13.1. The zero-order valence-electron chi connectivity index (χ0n) is 10.7. The molecule has 0 bridgehead atoms. The lowest BCUT2D eigenvalue weighted by atomic mass is 10.1. The van der Waals surface area contributed by atoms with Crippen LogP contribution in [0.15, 0.2) is 22.7 Å². The molecule has 0 unspecified atom stereocenters. The Morgan fingerprint density at radius 2 is 2.11 bits per heavy atom. The zero-order chi connectivity index (χ0) is 13.1. The number of thiocarbonyl (C=S) groups is 1. The largest absolute Gasteiger partial charge is 0.389 e. The van der Waals surface area contributed by atoms with E-state index in [1.165, 1.54) is 25.7 Å². The molecular weight excluding hydrogens is 308 g/mol. The van der Waals surface area contributed by atoms with Gasteiger partial charge in [-0.25, -0.2) is 0 Å². The molecule has 0 amide bonds. The van der Waals surface area contributed by atoms with Gasteiger partial charge in [0, 0.05) is 29.3 Å². The van der Waals surface area contributed by atoms with E-state index in [4.69, 9.17) is 18.0 Å². The van der Waals surface area contributed by atoms with Crippen molar-refractivity contribution in [3.63, 3.8) is 0 Å². The Bertz CT molecular complexity index is 441. The predicted octanol–water partition coefficient (Wildman–Crippen LogP) is 3.71. The Labute approximate surface area is 123 Å². The molecule has 1 saturated carbocycles. The minimum Gasteiger partial charge on any atom is -0.389 e. The van der Waals surface area contributed by atoms with E-state index in [0.29, 0.717) is 4.99 Å². The lowest BCUT2D eigenvalue weighted by Crippen LogP contribution is -2.27. The van der Waals surface area contributed by atoms with Crippen LogP contribution in [-0.4, -0.2) is 18.6 Å². The van der Waals surface area contributed by atoms with Crippen LogP contribution in [-0.2, 0) is 0 Å². The third-order valence-electron chi connectivity index (χ3n) is 3.66. The van der Waals surface area contributed by atoms with Crippen LogP contribution < -0.4 is 10.6 Å². The van der Waals surface area contributed by atoms with Crippen LogP contribution in [0.1, 0.15) is 31.2 Å². The molecule has 0 heterocycles. The van der Waals surface area contributed by atoms with Gasteiger partial charge in [-0.2, -0.15) is 0 Å². The van der Waals surface area contributed by atoms with Gasteiger partial charge < -0.3 is 10.6 Å². The van der Waals surface area contributed by atoms with Crippen LogP contribution in [0.25, 0.3) is 0 Å². The van der Waals surface area contributed by atoms with E-state index in [1.807, 2.05) is 12.1 Å². The molecule has 0 radical (unpaired) electrons. The van der Waals surface area contributed by atoms with E-state index in [0.717, 1.165) is 28.2 Å². The molecule has 98 valence electrons. The van der Waals surface area contributed by atoms with Crippen molar-refractivity contribution < 1.29 is 0 Å². The second-order valence-electron chi connectivity index (χ2n) is 5.03. The summed E-state index contributed by atoms with van der Waals surface area (Å²) in [5.74, 6) is 0.813. The highest BCUT2D eigenvalue weighted by Gasteiger charge is 2.19. The number of nitrogens with zero attached hydrogens (tertiary/aromatic N) is 1. The maximum Gasteiger partial charge on any atom is 0.107 e. The van der Waals surface area contributed by atoms with E-state index in [1.54, 1.807) is 0 Å². The van der Waals surface area contributed by atoms with Gasteiger partial charge in [0.1, 0.15) is 4.99 Å². The normalized spacial score (nSPS) is 15.9. The van der Waals surface area contributed by atoms with Crippen LogP contribution >= 0.6 is 28.1 Å². The van der Waals surface area contributed by atoms with Crippen LogP contribution in [0.4, 0.5) is 5.69 Å². The molecule has 1 aromatic carbocycles. The Hall–Kier alpha value is -0.610. The van der Waals surface area contributed by atoms with Crippen LogP contribution in [0.5, 0.6) is 0 Å². The average Bonchev–Trinajstić information content (AvgIpc) is 2.80. The van der Waals surface area contributed by atoms with Gasteiger partial charge in [-0.15, -0.1) is 0 Å². The summed E-state index contributed by atoms with van der Waals surface area (Å²) in [6, 6.07) is 6.11. The summed E-state index contributed by atoms with van der Waals surface area (Å²) >= 11 is 8.69. The fourth-order valence-electron chi connectivity index (χ4n) is 2.75. The van der Waals surface area contributed by atoms with Gasteiger partial charge in [-0.1, -0.05) is 31.1 Å². The van der Waals surface area contributed by atoms with Crippen molar-refractivity contribution in [3.8, 4) is 0 Å². The lowest BCUT2D eigenvalue weighted by Gasteiger charge is -2.25. The molecule has 1 aliphatic carbocycles. The molecule has 1 aromatic rings. The lowest BCUT2D eigenvalue weighted by molar-refractivity contribution is 0.547. The summed E-state index contributed by atoms with van der Waals surface area (Å²) < 4.78 is 0.978. The molecule has 1 aliphatic rings. The van der Waals surface area contributed by atoms with Gasteiger partial charge in [0.05, 0.1) is 0 Å². The maximum absolute atomic E-state index is 5.84. The molecular formula is C14H19BrN2S. The number of hydrogen-bond donors (Lipinski definition) is 1. The number of nitrogens with two attached hydrogens (primary N) is 1. The third-order valence-corrected chi connectivity index (χ3v) is 4.52. The molecule has 2 nitrogen and oxygen atoms in total. The summed E-state index contributed by atoms with van der Waals surface area (Å²) in [7, 11) is 2.13. The monoisotopic (exact) mass is 326 g/mol.